The molecule has 0 aromatic carbocycles. The monoisotopic (exact) mass is 245 g/mol. The Morgan fingerprint density at radius 1 is 1.35 bits per heavy atom. The van der Waals surface area contributed by atoms with Crippen LogP contribution in [0.4, 0.5) is 0 Å². The molecule has 1 saturated heterocycles. The SMILES string of the molecule is CC(C)OCC(O)CNCC1(C)CCOCC1. The highest BCUT2D eigenvalue weighted by Crippen LogP contribution is 2.28. The van der Waals surface area contributed by atoms with Gasteiger partial charge in [0, 0.05) is 26.3 Å². The molecule has 4 nitrogen and oxygen atoms in total. The smallest absolute Gasteiger partial charge is 0.0897 e. The van der Waals surface area contributed by atoms with Crippen molar-refractivity contribution in [2.75, 3.05) is 32.9 Å². The molecule has 0 saturated carbocycles. The van der Waals surface area contributed by atoms with Crippen molar-refractivity contribution in [3.63, 3.8) is 0 Å². The molecule has 1 aliphatic rings. The molecule has 1 heterocycles. The Bertz CT molecular complexity index is 203. The Labute approximate surface area is 105 Å². The third-order valence-corrected chi connectivity index (χ3v) is 3.25. The highest BCUT2D eigenvalue weighted by atomic mass is 16.5. The minimum atomic E-state index is -0.416. The molecule has 0 bridgehead atoms. The average Bonchev–Trinajstić information content (AvgIpc) is 2.27. The van der Waals surface area contributed by atoms with E-state index in [2.05, 4.69) is 12.2 Å². The summed E-state index contributed by atoms with van der Waals surface area (Å²) < 4.78 is 10.7. The molecule has 0 aromatic heterocycles. The number of aliphatic hydroxyl groups is 1. The van der Waals surface area contributed by atoms with Gasteiger partial charge < -0.3 is 19.9 Å². The van der Waals surface area contributed by atoms with Gasteiger partial charge in [0.25, 0.3) is 0 Å². The van der Waals surface area contributed by atoms with Crippen molar-refractivity contribution < 1.29 is 14.6 Å². The first-order valence-electron chi connectivity index (χ1n) is 6.60. The normalized spacial score (nSPS) is 21.7. The standard InChI is InChI=1S/C13H27NO3/c1-11(2)17-9-12(15)8-14-10-13(3)4-6-16-7-5-13/h11-12,14-15H,4-10H2,1-3H3. The molecule has 2 N–H and O–H groups in total. The minimum Gasteiger partial charge on any atom is -0.389 e. The first kappa shape index (κ1) is 14.9. The van der Waals surface area contributed by atoms with Crippen LogP contribution in [-0.2, 0) is 9.47 Å². The van der Waals surface area contributed by atoms with Gasteiger partial charge in [-0.15, -0.1) is 0 Å². The summed E-state index contributed by atoms with van der Waals surface area (Å²) >= 11 is 0. The summed E-state index contributed by atoms with van der Waals surface area (Å²) in [5.74, 6) is 0. The maximum atomic E-state index is 9.70. The Hall–Kier alpha value is -0.160. The molecule has 1 rings (SSSR count). The minimum absolute atomic E-state index is 0.178. The van der Waals surface area contributed by atoms with E-state index in [4.69, 9.17) is 9.47 Å². The number of rotatable bonds is 7. The molecule has 0 spiro atoms. The maximum absolute atomic E-state index is 9.70. The summed E-state index contributed by atoms with van der Waals surface area (Å²) in [6, 6.07) is 0. The summed E-state index contributed by atoms with van der Waals surface area (Å²) in [5, 5.41) is 13.0. The Morgan fingerprint density at radius 3 is 2.59 bits per heavy atom. The fourth-order valence-electron chi connectivity index (χ4n) is 1.94. The van der Waals surface area contributed by atoms with E-state index in [1.807, 2.05) is 13.8 Å². The molecule has 1 aliphatic heterocycles. The van der Waals surface area contributed by atoms with E-state index in [9.17, 15) is 5.11 Å². The summed E-state index contributed by atoms with van der Waals surface area (Å²) in [6.45, 7) is 9.89. The van der Waals surface area contributed by atoms with Gasteiger partial charge in [0.2, 0.25) is 0 Å². The second kappa shape index (κ2) is 7.31. The maximum Gasteiger partial charge on any atom is 0.0897 e. The van der Waals surface area contributed by atoms with Gasteiger partial charge in [0.1, 0.15) is 0 Å². The molecular formula is C13H27NO3. The van der Waals surface area contributed by atoms with Crippen molar-refractivity contribution in [2.24, 2.45) is 5.41 Å². The van der Waals surface area contributed by atoms with E-state index in [1.165, 1.54) is 0 Å². The van der Waals surface area contributed by atoms with Gasteiger partial charge in [-0.25, -0.2) is 0 Å². The van der Waals surface area contributed by atoms with Crippen molar-refractivity contribution in [3.05, 3.63) is 0 Å². The van der Waals surface area contributed by atoms with Gasteiger partial charge in [0.05, 0.1) is 18.8 Å². The number of hydrogen-bond donors (Lipinski definition) is 2. The van der Waals surface area contributed by atoms with E-state index in [0.29, 0.717) is 18.6 Å². The number of aliphatic hydroxyl groups excluding tert-OH is 1. The van der Waals surface area contributed by atoms with Crippen LogP contribution in [0.5, 0.6) is 0 Å². The lowest BCUT2D eigenvalue weighted by atomic mass is 9.82. The lowest BCUT2D eigenvalue weighted by Gasteiger charge is -2.34. The fourth-order valence-corrected chi connectivity index (χ4v) is 1.94. The molecule has 1 fully saturated rings. The van der Waals surface area contributed by atoms with Gasteiger partial charge in [-0.2, -0.15) is 0 Å². The van der Waals surface area contributed by atoms with Crippen LogP contribution in [0.1, 0.15) is 33.6 Å². The predicted molar refractivity (Wildman–Crippen MR) is 68.1 cm³/mol. The van der Waals surface area contributed by atoms with Crippen LogP contribution in [0.2, 0.25) is 0 Å². The Balaban J connectivity index is 2.09. The van der Waals surface area contributed by atoms with Crippen molar-refractivity contribution in [2.45, 2.75) is 45.8 Å². The van der Waals surface area contributed by atoms with Crippen LogP contribution >= 0.6 is 0 Å². The summed E-state index contributed by atoms with van der Waals surface area (Å²) in [6.07, 6.45) is 1.95. The first-order chi connectivity index (χ1) is 8.02. The summed E-state index contributed by atoms with van der Waals surface area (Å²) in [4.78, 5) is 0. The van der Waals surface area contributed by atoms with Crippen LogP contribution in [0.3, 0.4) is 0 Å². The molecule has 102 valence electrons. The van der Waals surface area contributed by atoms with Crippen LogP contribution in [0.15, 0.2) is 0 Å². The second-order valence-electron chi connectivity index (χ2n) is 5.59. The highest BCUT2D eigenvalue weighted by molar-refractivity contribution is 4.79. The van der Waals surface area contributed by atoms with Crippen LogP contribution < -0.4 is 5.32 Å². The largest absolute Gasteiger partial charge is 0.389 e. The van der Waals surface area contributed by atoms with E-state index < -0.39 is 6.10 Å². The van der Waals surface area contributed by atoms with Crippen molar-refractivity contribution in [1.82, 2.24) is 5.32 Å². The average molecular weight is 245 g/mol. The molecule has 17 heavy (non-hydrogen) atoms. The third-order valence-electron chi connectivity index (χ3n) is 3.25. The molecule has 0 aliphatic carbocycles. The number of nitrogens with one attached hydrogen (secondary N) is 1. The van der Waals surface area contributed by atoms with Crippen LogP contribution in [-0.4, -0.2) is 50.2 Å². The molecule has 1 unspecified atom stereocenters. The van der Waals surface area contributed by atoms with Gasteiger partial charge in [-0.1, -0.05) is 6.92 Å². The van der Waals surface area contributed by atoms with Crippen LogP contribution in [0, 0.1) is 5.41 Å². The van der Waals surface area contributed by atoms with Gasteiger partial charge >= 0.3 is 0 Å². The highest BCUT2D eigenvalue weighted by Gasteiger charge is 2.26. The van der Waals surface area contributed by atoms with E-state index in [0.717, 1.165) is 32.6 Å². The van der Waals surface area contributed by atoms with Crippen LogP contribution in [0.25, 0.3) is 0 Å². The molecule has 1 atom stereocenters. The summed E-state index contributed by atoms with van der Waals surface area (Å²) in [7, 11) is 0. The van der Waals surface area contributed by atoms with E-state index in [1.54, 1.807) is 0 Å². The molecule has 0 aromatic rings. The molecule has 4 heteroatoms. The van der Waals surface area contributed by atoms with Crippen molar-refractivity contribution in [1.29, 1.82) is 0 Å². The topological polar surface area (TPSA) is 50.7 Å². The van der Waals surface area contributed by atoms with Gasteiger partial charge in [0.15, 0.2) is 0 Å². The molecule has 0 amide bonds. The first-order valence-corrected chi connectivity index (χ1v) is 6.60. The molecular weight excluding hydrogens is 218 g/mol. The fraction of sp³-hybridized carbons (Fsp3) is 1.00. The van der Waals surface area contributed by atoms with Crippen molar-refractivity contribution >= 4 is 0 Å². The lowest BCUT2D eigenvalue weighted by Crippen LogP contribution is -2.40. The summed E-state index contributed by atoms with van der Waals surface area (Å²) in [5.41, 5.74) is 0.316. The van der Waals surface area contributed by atoms with Crippen molar-refractivity contribution in [3.8, 4) is 0 Å². The molecule has 0 radical (unpaired) electrons. The van der Waals surface area contributed by atoms with Gasteiger partial charge in [-0.05, 0) is 32.1 Å². The third kappa shape index (κ3) is 6.36. The zero-order valence-corrected chi connectivity index (χ0v) is 11.4. The zero-order valence-electron chi connectivity index (χ0n) is 11.4. The van der Waals surface area contributed by atoms with Gasteiger partial charge in [-0.3, -0.25) is 0 Å². The quantitative estimate of drug-likeness (QED) is 0.707. The van der Waals surface area contributed by atoms with E-state index >= 15 is 0 Å². The zero-order chi connectivity index (χ0) is 12.7. The number of hydrogen-bond acceptors (Lipinski definition) is 4. The second-order valence-corrected chi connectivity index (χ2v) is 5.59. The Kier molecular flexibility index (Phi) is 6.41. The lowest BCUT2D eigenvalue weighted by molar-refractivity contribution is 0.000743. The van der Waals surface area contributed by atoms with E-state index in [-0.39, 0.29) is 6.10 Å². The number of ether oxygens (including phenoxy) is 2. The Morgan fingerprint density at radius 2 is 2.00 bits per heavy atom. The predicted octanol–water partition coefficient (Wildman–Crippen LogP) is 1.18.